The molecule has 1 atom stereocenters. The van der Waals surface area contributed by atoms with Gasteiger partial charge in [-0.3, -0.25) is 9.59 Å². The van der Waals surface area contributed by atoms with Crippen LogP contribution < -0.4 is 10.6 Å². The molecule has 0 saturated carbocycles. The average Bonchev–Trinajstić information content (AvgIpc) is 2.71. The van der Waals surface area contributed by atoms with Crippen LogP contribution in [-0.2, 0) is 15.5 Å². The summed E-state index contributed by atoms with van der Waals surface area (Å²) in [5.74, 6) is -2.17. The average molecular weight is 621 g/mol. The summed E-state index contributed by atoms with van der Waals surface area (Å²) in [6.45, 7) is 2.49. The van der Waals surface area contributed by atoms with Crippen molar-refractivity contribution in [3.63, 3.8) is 0 Å². The van der Waals surface area contributed by atoms with Crippen LogP contribution in [0.2, 0.25) is 0 Å². The Morgan fingerprint density at radius 1 is 0.973 bits per heavy atom. The van der Waals surface area contributed by atoms with E-state index in [2.05, 4.69) is 26.6 Å². The second kappa shape index (κ2) is 10.6. The molecule has 0 aliphatic rings. The number of amides is 2. The molecule has 15 heteroatoms. The summed E-state index contributed by atoms with van der Waals surface area (Å²) in [4.78, 5) is 25.7. The first kappa shape index (κ1) is 30.5. The monoisotopic (exact) mass is 620 g/mol. The lowest BCUT2D eigenvalue weighted by molar-refractivity contribution is -0.348. The minimum absolute atomic E-state index is 0.147. The first-order chi connectivity index (χ1) is 16.7. The Balaban J connectivity index is 2.40. The van der Waals surface area contributed by atoms with Crippen molar-refractivity contribution in [1.82, 2.24) is 5.32 Å². The van der Waals surface area contributed by atoms with Crippen molar-refractivity contribution < 1.29 is 48.7 Å². The molecule has 0 aliphatic heterocycles. The normalized spacial score (nSPS) is 13.7. The van der Waals surface area contributed by atoms with Crippen molar-refractivity contribution in [3.05, 3.63) is 63.1 Å². The first-order valence-corrected chi connectivity index (χ1v) is 13.1. The molecule has 2 N–H and O–H groups in total. The van der Waals surface area contributed by atoms with E-state index in [1.165, 1.54) is 25.1 Å². The summed E-state index contributed by atoms with van der Waals surface area (Å²) in [6.07, 6.45) is -11.6. The number of nitrogens with one attached hydrogen (secondary N) is 2. The van der Waals surface area contributed by atoms with Crippen molar-refractivity contribution in [3.8, 4) is 0 Å². The van der Waals surface area contributed by atoms with E-state index in [1.807, 2.05) is 0 Å². The predicted molar refractivity (Wildman–Crippen MR) is 125 cm³/mol. The van der Waals surface area contributed by atoms with E-state index >= 15 is 0 Å². The zero-order valence-electron chi connectivity index (χ0n) is 19.3. The Morgan fingerprint density at radius 2 is 1.54 bits per heavy atom. The highest BCUT2D eigenvalue weighted by molar-refractivity contribution is 9.10. The number of aryl methyl sites for hydroxylation is 1. The third-order valence-electron chi connectivity index (χ3n) is 5.07. The molecule has 2 amide bonds. The fourth-order valence-electron chi connectivity index (χ4n) is 3.43. The van der Waals surface area contributed by atoms with Gasteiger partial charge in [0.05, 0.1) is 16.9 Å². The highest BCUT2D eigenvalue weighted by Gasteiger charge is 2.73. The van der Waals surface area contributed by atoms with Crippen molar-refractivity contribution >= 4 is 43.3 Å². The molecule has 0 aliphatic carbocycles. The van der Waals surface area contributed by atoms with Crippen LogP contribution in [0, 0.1) is 6.92 Å². The predicted octanol–water partition coefficient (Wildman–Crippen LogP) is 5.46. The molecule has 0 fully saturated rings. The topological polar surface area (TPSA) is 92.3 Å². The van der Waals surface area contributed by atoms with Crippen LogP contribution in [0.25, 0.3) is 0 Å². The van der Waals surface area contributed by atoms with Gasteiger partial charge >= 0.3 is 18.0 Å². The number of carbonyl (C=O) groups is 2. The number of sulfone groups is 1. The molecular formula is C22H20BrF7N2O4S. The summed E-state index contributed by atoms with van der Waals surface area (Å²) in [6, 6.07) is 4.45. The third kappa shape index (κ3) is 6.80. The Kier molecular flexibility index (Phi) is 8.74. The van der Waals surface area contributed by atoms with Gasteiger partial charge in [0, 0.05) is 28.0 Å². The van der Waals surface area contributed by atoms with Crippen LogP contribution in [0.15, 0.2) is 40.9 Å². The van der Waals surface area contributed by atoms with E-state index in [9.17, 15) is 48.7 Å². The molecule has 0 spiro atoms. The molecule has 0 saturated heterocycles. The number of hydrogen-bond donors (Lipinski definition) is 2. The van der Waals surface area contributed by atoms with Gasteiger partial charge < -0.3 is 10.6 Å². The van der Waals surface area contributed by atoms with Gasteiger partial charge in [-0.05, 0) is 53.5 Å². The summed E-state index contributed by atoms with van der Waals surface area (Å²) in [5, 5.41) is 4.71. The molecule has 0 bridgehead atoms. The van der Waals surface area contributed by atoms with Crippen LogP contribution in [0.3, 0.4) is 0 Å². The van der Waals surface area contributed by atoms with E-state index in [4.69, 9.17) is 0 Å². The van der Waals surface area contributed by atoms with Crippen molar-refractivity contribution in [1.29, 1.82) is 0 Å². The zero-order valence-corrected chi connectivity index (χ0v) is 21.7. The minimum atomic E-state index is -6.30. The fourth-order valence-corrected chi connectivity index (χ4v) is 4.97. The highest BCUT2D eigenvalue weighted by Crippen LogP contribution is 2.53. The van der Waals surface area contributed by atoms with Crippen LogP contribution in [-0.4, -0.2) is 50.6 Å². The Hall–Kier alpha value is -2.68. The molecule has 2 aromatic carbocycles. The minimum Gasteiger partial charge on any atom is -0.349 e. The van der Waals surface area contributed by atoms with Crippen LogP contribution in [0.4, 0.5) is 36.4 Å². The molecule has 1 unspecified atom stereocenters. The Bertz CT molecular complexity index is 1300. The number of halogens is 8. The summed E-state index contributed by atoms with van der Waals surface area (Å²) in [7, 11) is -3.44. The highest BCUT2D eigenvalue weighted by atomic mass is 79.9. The largest absolute Gasteiger partial charge is 0.435 e. The van der Waals surface area contributed by atoms with Gasteiger partial charge in [0.15, 0.2) is 0 Å². The summed E-state index contributed by atoms with van der Waals surface area (Å²) < 4.78 is 116. The molecule has 2 rings (SSSR count). The maximum Gasteiger partial charge on any atom is 0.435 e. The Morgan fingerprint density at radius 3 is 2.03 bits per heavy atom. The fraction of sp³-hybridized carbons (Fsp3) is 0.364. The number of alkyl halides is 7. The summed E-state index contributed by atoms with van der Waals surface area (Å²) in [5.41, 5.74) is -8.35. The lowest BCUT2D eigenvalue weighted by Crippen LogP contribution is -2.50. The maximum absolute atomic E-state index is 14.3. The van der Waals surface area contributed by atoms with E-state index in [-0.39, 0.29) is 38.7 Å². The second-order valence-electron chi connectivity index (χ2n) is 8.27. The quantitative estimate of drug-likeness (QED) is 0.402. The SMILES string of the molecule is Cc1cc(C(F)(C(F)(F)F)C(F)(F)F)ccc1NC(=O)c1cccc(Br)c1C(=O)NC(C)CS(C)(=O)=O. The van der Waals surface area contributed by atoms with Gasteiger partial charge in [-0.15, -0.1) is 0 Å². The third-order valence-corrected chi connectivity index (χ3v) is 6.84. The van der Waals surface area contributed by atoms with Gasteiger partial charge in [-0.25, -0.2) is 12.8 Å². The Labute approximate surface area is 215 Å². The van der Waals surface area contributed by atoms with Crippen LogP contribution >= 0.6 is 15.9 Å². The van der Waals surface area contributed by atoms with Gasteiger partial charge in [-0.2, -0.15) is 26.3 Å². The first-order valence-electron chi connectivity index (χ1n) is 10.2. The molecule has 0 aromatic heterocycles. The van der Waals surface area contributed by atoms with Crippen LogP contribution in [0.5, 0.6) is 0 Å². The van der Waals surface area contributed by atoms with E-state index < -0.39 is 51.3 Å². The van der Waals surface area contributed by atoms with Crippen molar-refractivity contribution in [2.45, 2.75) is 37.9 Å². The van der Waals surface area contributed by atoms with E-state index in [0.717, 1.165) is 13.2 Å². The number of anilines is 1. The standard InChI is InChI=1S/C22H20BrF7N2O4S/c1-11-9-13(20(24,21(25,26)27)22(28,29)30)7-8-16(11)32-18(33)14-5-4-6-15(23)17(14)19(34)31-12(2)10-37(3,35)36/h4-9,12H,10H2,1-3H3,(H,31,34)(H,32,33). The van der Waals surface area contributed by atoms with E-state index in [1.54, 1.807) is 0 Å². The smallest absolute Gasteiger partial charge is 0.349 e. The molecule has 2 aromatic rings. The number of rotatable bonds is 7. The van der Waals surface area contributed by atoms with Crippen molar-refractivity contribution in [2.24, 2.45) is 0 Å². The van der Waals surface area contributed by atoms with Crippen molar-refractivity contribution in [2.75, 3.05) is 17.3 Å². The maximum atomic E-state index is 14.3. The van der Waals surface area contributed by atoms with Gasteiger partial charge in [0.25, 0.3) is 11.8 Å². The lowest BCUT2D eigenvalue weighted by Gasteiger charge is -2.30. The molecular weight excluding hydrogens is 601 g/mol. The molecule has 0 radical (unpaired) electrons. The number of benzene rings is 2. The second-order valence-corrected chi connectivity index (χ2v) is 11.3. The molecule has 6 nitrogen and oxygen atoms in total. The lowest BCUT2D eigenvalue weighted by atomic mass is 9.92. The number of carbonyl (C=O) groups excluding carboxylic acids is 2. The van der Waals surface area contributed by atoms with Crippen LogP contribution in [0.1, 0.15) is 38.8 Å². The molecule has 0 heterocycles. The zero-order chi connectivity index (χ0) is 28.6. The molecule has 37 heavy (non-hydrogen) atoms. The van der Waals surface area contributed by atoms with Gasteiger partial charge in [0.2, 0.25) is 0 Å². The molecule has 204 valence electrons. The van der Waals surface area contributed by atoms with Gasteiger partial charge in [0.1, 0.15) is 9.84 Å². The van der Waals surface area contributed by atoms with E-state index in [0.29, 0.717) is 12.1 Å². The number of hydrogen-bond acceptors (Lipinski definition) is 4. The summed E-state index contributed by atoms with van der Waals surface area (Å²) >= 11 is 3.12. The van der Waals surface area contributed by atoms with Gasteiger partial charge in [-0.1, -0.05) is 18.2 Å².